The van der Waals surface area contributed by atoms with E-state index in [2.05, 4.69) is 6.58 Å². The minimum absolute atomic E-state index is 0.0614. The zero-order valence-corrected chi connectivity index (χ0v) is 15.7. The van der Waals surface area contributed by atoms with Crippen LogP contribution >= 0.6 is 11.8 Å². The fourth-order valence-electron chi connectivity index (χ4n) is 2.77. The molecule has 0 radical (unpaired) electrons. The molecule has 0 atom stereocenters. The molecule has 6 heteroatoms. The summed E-state index contributed by atoms with van der Waals surface area (Å²) in [5, 5.41) is 9.95. The van der Waals surface area contributed by atoms with Crippen LogP contribution in [-0.2, 0) is 11.2 Å². The van der Waals surface area contributed by atoms with Crippen molar-refractivity contribution in [3.63, 3.8) is 0 Å². The van der Waals surface area contributed by atoms with Crippen molar-refractivity contribution in [3.8, 4) is 11.5 Å². The SMILES string of the molecule is C=CCc1cc(/C=C2\SC(=O)N(c3ccccc3)C2=O)cc(OCC)c1O. The number of para-hydroxylation sites is 1. The number of rotatable bonds is 6. The predicted molar refractivity (Wildman–Crippen MR) is 108 cm³/mol. The third kappa shape index (κ3) is 3.90. The second-order valence-electron chi connectivity index (χ2n) is 5.81. The van der Waals surface area contributed by atoms with E-state index < -0.39 is 0 Å². The summed E-state index contributed by atoms with van der Waals surface area (Å²) >= 11 is 0.889. The van der Waals surface area contributed by atoms with E-state index in [4.69, 9.17) is 4.74 Å². The second kappa shape index (κ2) is 8.14. The van der Waals surface area contributed by atoms with Gasteiger partial charge in [0.05, 0.1) is 17.2 Å². The molecule has 1 N–H and O–H groups in total. The van der Waals surface area contributed by atoms with E-state index in [0.717, 1.165) is 16.7 Å². The number of thioether (sulfide) groups is 1. The average molecular weight is 381 g/mol. The summed E-state index contributed by atoms with van der Waals surface area (Å²) in [5.74, 6) is 0.0317. The van der Waals surface area contributed by atoms with E-state index in [1.165, 1.54) is 0 Å². The Balaban J connectivity index is 1.98. The fraction of sp³-hybridized carbons (Fsp3) is 0.143. The van der Waals surface area contributed by atoms with Crippen LogP contribution in [0.5, 0.6) is 11.5 Å². The Hall–Kier alpha value is -2.99. The highest BCUT2D eigenvalue weighted by molar-refractivity contribution is 8.19. The van der Waals surface area contributed by atoms with Crippen LogP contribution in [-0.4, -0.2) is 22.9 Å². The lowest BCUT2D eigenvalue weighted by molar-refractivity contribution is -0.113. The van der Waals surface area contributed by atoms with Crippen molar-refractivity contribution in [2.24, 2.45) is 0 Å². The molecule has 0 aromatic heterocycles. The number of phenols is 1. The maximum Gasteiger partial charge on any atom is 0.298 e. The van der Waals surface area contributed by atoms with Gasteiger partial charge in [-0.25, -0.2) is 4.90 Å². The molecule has 1 aliphatic rings. The quantitative estimate of drug-likeness (QED) is 0.577. The summed E-state index contributed by atoms with van der Waals surface area (Å²) in [4.78, 5) is 26.5. The molecular formula is C21H19NO4S. The van der Waals surface area contributed by atoms with E-state index in [1.54, 1.807) is 48.6 Å². The number of carbonyl (C=O) groups is 2. The molecular weight excluding hydrogens is 362 g/mol. The van der Waals surface area contributed by atoms with Gasteiger partial charge >= 0.3 is 0 Å². The minimum Gasteiger partial charge on any atom is -0.504 e. The normalized spacial score (nSPS) is 15.4. The van der Waals surface area contributed by atoms with Gasteiger partial charge < -0.3 is 9.84 Å². The maximum atomic E-state index is 12.7. The summed E-state index contributed by atoms with van der Waals surface area (Å²) in [5.41, 5.74) is 1.85. The lowest BCUT2D eigenvalue weighted by Crippen LogP contribution is -2.27. The number of allylic oxidation sites excluding steroid dienone is 1. The first-order chi connectivity index (χ1) is 13.0. The summed E-state index contributed by atoms with van der Waals surface area (Å²) in [6.45, 7) is 5.92. The van der Waals surface area contributed by atoms with Crippen LogP contribution in [0.1, 0.15) is 18.1 Å². The highest BCUT2D eigenvalue weighted by Gasteiger charge is 2.36. The number of hydrogen-bond acceptors (Lipinski definition) is 5. The number of carbonyl (C=O) groups excluding carboxylic acids is 2. The molecule has 0 spiro atoms. The molecule has 1 aliphatic heterocycles. The van der Waals surface area contributed by atoms with Crippen LogP contribution < -0.4 is 9.64 Å². The first kappa shape index (κ1) is 18.8. The van der Waals surface area contributed by atoms with Crippen LogP contribution in [0.15, 0.2) is 60.0 Å². The van der Waals surface area contributed by atoms with Crippen LogP contribution in [0.3, 0.4) is 0 Å². The molecule has 1 fully saturated rings. The van der Waals surface area contributed by atoms with Crippen molar-refractivity contribution in [1.82, 2.24) is 0 Å². The maximum absolute atomic E-state index is 12.7. The Morgan fingerprint density at radius 2 is 1.96 bits per heavy atom. The van der Waals surface area contributed by atoms with Gasteiger partial charge in [0.2, 0.25) is 0 Å². The molecule has 1 heterocycles. The third-order valence-electron chi connectivity index (χ3n) is 3.95. The third-order valence-corrected chi connectivity index (χ3v) is 4.82. The van der Waals surface area contributed by atoms with Crippen molar-refractivity contribution in [2.75, 3.05) is 11.5 Å². The van der Waals surface area contributed by atoms with Gasteiger partial charge in [-0.05, 0) is 61.0 Å². The Kier molecular flexibility index (Phi) is 5.66. The molecule has 5 nitrogen and oxygen atoms in total. The number of benzene rings is 2. The molecule has 138 valence electrons. The van der Waals surface area contributed by atoms with E-state index in [0.29, 0.717) is 40.5 Å². The summed E-state index contributed by atoms with van der Waals surface area (Å²) < 4.78 is 5.48. The summed E-state index contributed by atoms with van der Waals surface area (Å²) in [6.07, 6.45) is 3.78. The van der Waals surface area contributed by atoms with Gasteiger partial charge in [0.1, 0.15) is 0 Å². The average Bonchev–Trinajstić information content (AvgIpc) is 2.93. The lowest BCUT2D eigenvalue weighted by atomic mass is 10.1. The number of ether oxygens (including phenoxy) is 1. The molecule has 0 aliphatic carbocycles. The van der Waals surface area contributed by atoms with Crippen molar-refractivity contribution < 1.29 is 19.4 Å². The molecule has 0 bridgehead atoms. The van der Waals surface area contributed by atoms with Crippen molar-refractivity contribution in [1.29, 1.82) is 0 Å². The largest absolute Gasteiger partial charge is 0.504 e. The molecule has 0 saturated carbocycles. The van der Waals surface area contributed by atoms with Crippen LogP contribution in [0.4, 0.5) is 10.5 Å². The Morgan fingerprint density at radius 1 is 1.22 bits per heavy atom. The van der Waals surface area contributed by atoms with Gasteiger partial charge in [0.15, 0.2) is 11.5 Å². The molecule has 27 heavy (non-hydrogen) atoms. The zero-order valence-electron chi connectivity index (χ0n) is 14.8. The van der Waals surface area contributed by atoms with Crippen LogP contribution in [0.25, 0.3) is 6.08 Å². The number of nitrogens with zero attached hydrogens (tertiary/aromatic N) is 1. The monoisotopic (exact) mass is 381 g/mol. The molecule has 2 aromatic rings. The molecule has 1 saturated heterocycles. The standard InChI is InChI=1S/C21H19NO4S/c1-3-8-15-11-14(12-17(19(15)23)26-4-2)13-18-20(24)22(21(25)27-18)16-9-6-5-7-10-16/h3,5-7,9-13,23H,1,4,8H2,2H3/b18-13-. The van der Waals surface area contributed by atoms with E-state index >= 15 is 0 Å². The van der Waals surface area contributed by atoms with Gasteiger partial charge in [0, 0.05) is 5.56 Å². The molecule has 2 amide bonds. The number of hydrogen-bond donors (Lipinski definition) is 1. The summed E-state index contributed by atoms with van der Waals surface area (Å²) in [7, 11) is 0. The van der Waals surface area contributed by atoms with Crippen LogP contribution in [0, 0.1) is 0 Å². The van der Waals surface area contributed by atoms with Gasteiger partial charge in [0.25, 0.3) is 11.1 Å². The molecule has 3 rings (SSSR count). The Labute approximate surface area is 162 Å². The smallest absolute Gasteiger partial charge is 0.298 e. The van der Waals surface area contributed by atoms with Gasteiger partial charge in [-0.15, -0.1) is 6.58 Å². The molecule has 2 aromatic carbocycles. The van der Waals surface area contributed by atoms with Crippen LogP contribution in [0.2, 0.25) is 0 Å². The number of anilines is 1. The highest BCUT2D eigenvalue weighted by atomic mass is 32.2. The van der Waals surface area contributed by atoms with E-state index in [9.17, 15) is 14.7 Å². The molecule has 0 unspecified atom stereocenters. The fourth-order valence-corrected chi connectivity index (χ4v) is 3.61. The number of imide groups is 1. The van der Waals surface area contributed by atoms with E-state index in [1.807, 2.05) is 13.0 Å². The Bertz CT molecular complexity index is 921. The zero-order chi connectivity index (χ0) is 19.4. The number of amides is 2. The van der Waals surface area contributed by atoms with Crippen molar-refractivity contribution >= 4 is 34.7 Å². The Morgan fingerprint density at radius 3 is 2.63 bits per heavy atom. The van der Waals surface area contributed by atoms with Gasteiger partial charge in [-0.1, -0.05) is 24.3 Å². The highest BCUT2D eigenvalue weighted by Crippen LogP contribution is 2.38. The predicted octanol–water partition coefficient (Wildman–Crippen LogP) is 4.76. The number of phenolic OH excluding ortho intramolecular Hbond substituents is 1. The second-order valence-corrected chi connectivity index (χ2v) is 6.80. The first-order valence-electron chi connectivity index (χ1n) is 8.47. The minimum atomic E-state index is -0.368. The lowest BCUT2D eigenvalue weighted by Gasteiger charge is -2.12. The van der Waals surface area contributed by atoms with Gasteiger partial charge in [-0.2, -0.15) is 0 Å². The first-order valence-corrected chi connectivity index (χ1v) is 9.29. The topological polar surface area (TPSA) is 66.8 Å². The van der Waals surface area contributed by atoms with Crippen molar-refractivity contribution in [3.05, 3.63) is 71.2 Å². The number of aromatic hydroxyl groups is 1. The van der Waals surface area contributed by atoms with E-state index in [-0.39, 0.29) is 16.9 Å². The van der Waals surface area contributed by atoms with Crippen molar-refractivity contribution in [2.45, 2.75) is 13.3 Å². The van der Waals surface area contributed by atoms with Gasteiger partial charge in [-0.3, -0.25) is 9.59 Å². The summed E-state index contributed by atoms with van der Waals surface area (Å²) in [6, 6.07) is 12.2.